The van der Waals surface area contributed by atoms with Crippen molar-refractivity contribution in [2.24, 2.45) is 5.41 Å². The highest BCUT2D eigenvalue weighted by atomic mass is 19.4. The van der Waals surface area contributed by atoms with Crippen LogP contribution in [0.15, 0.2) is 30.3 Å². The van der Waals surface area contributed by atoms with Crippen molar-refractivity contribution in [2.45, 2.75) is 50.7 Å². The molecule has 3 aliphatic rings. The van der Waals surface area contributed by atoms with E-state index in [1.54, 1.807) is 24.3 Å². The molecule has 2 saturated carbocycles. The molecule has 2 aromatic rings. The lowest BCUT2D eigenvalue weighted by molar-refractivity contribution is -0.190. The van der Waals surface area contributed by atoms with Crippen molar-refractivity contribution >= 4 is 11.8 Å². The summed E-state index contributed by atoms with van der Waals surface area (Å²) in [5, 5.41) is 0. The highest BCUT2D eigenvalue weighted by Gasteiger charge is 2.62. The maximum atomic E-state index is 13.1. The van der Waals surface area contributed by atoms with Crippen molar-refractivity contribution in [1.82, 2.24) is 14.9 Å². The molecule has 9 heteroatoms. The zero-order chi connectivity index (χ0) is 21.8. The number of hydrogen-bond acceptors (Lipinski definition) is 5. The number of amides is 2. The average Bonchev–Trinajstić information content (AvgIpc) is 3.64. The fourth-order valence-electron chi connectivity index (χ4n) is 3.89. The molecule has 2 aliphatic carbocycles. The van der Waals surface area contributed by atoms with Crippen molar-refractivity contribution in [3.8, 4) is 5.88 Å². The zero-order valence-electron chi connectivity index (χ0n) is 16.6. The molecule has 1 aromatic carbocycles. The van der Waals surface area contributed by atoms with Crippen molar-refractivity contribution in [1.29, 1.82) is 0 Å². The number of carbonyl (C=O) groups excluding carboxylic acids is 2. The largest absolute Gasteiger partial charge is 0.478 e. The molecule has 0 unspecified atom stereocenters. The Morgan fingerprint density at radius 3 is 2.26 bits per heavy atom. The molecule has 2 heterocycles. The lowest BCUT2D eigenvalue weighted by Crippen LogP contribution is -2.29. The van der Waals surface area contributed by atoms with Crippen LogP contribution in [0, 0.1) is 5.41 Å². The molecule has 2 fully saturated rings. The fourth-order valence-corrected chi connectivity index (χ4v) is 3.89. The van der Waals surface area contributed by atoms with E-state index in [2.05, 4.69) is 9.97 Å². The van der Waals surface area contributed by atoms with Crippen LogP contribution in [0.2, 0.25) is 0 Å². The molecule has 162 valence electrons. The summed E-state index contributed by atoms with van der Waals surface area (Å²) in [6, 6.07) is 8.11. The molecule has 0 N–H and O–H groups in total. The number of fused-ring (bicyclic) bond motifs is 1. The Morgan fingerprint density at radius 2 is 1.71 bits per heavy atom. The van der Waals surface area contributed by atoms with Gasteiger partial charge in [0.05, 0.1) is 35.4 Å². The van der Waals surface area contributed by atoms with Gasteiger partial charge in [0.1, 0.15) is 5.82 Å². The second kappa shape index (κ2) is 7.03. The number of ether oxygens (including phenoxy) is 1. The van der Waals surface area contributed by atoms with Gasteiger partial charge in [-0.25, -0.2) is 4.98 Å². The highest BCUT2D eigenvalue weighted by molar-refractivity contribution is 6.21. The van der Waals surface area contributed by atoms with Gasteiger partial charge in [-0.2, -0.15) is 18.2 Å². The normalized spacial score (nSPS) is 19.5. The second-order valence-electron chi connectivity index (χ2n) is 8.45. The van der Waals surface area contributed by atoms with Gasteiger partial charge >= 0.3 is 6.18 Å². The minimum absolute atomic E-state index is 0.0442. The number of carbonyl (C=O) groups is 2. The topological polar surface area (TPSA) is 72.4 Å². The van der Waals surface area contributed by atoms with Crippen LogP contribution >= 0.6 is 0 Å². The van der Waals surface area contributed by atoms with Crippen LogP contribution in [0.25, 0.3) is 0 Å². The molecule has 6 nitrogen and oxygen atoms in total. The third-order valence-corrected chi connectivity index (χ3v) is 6.20. The van der Waals surface area contributed by atoms with Crippen LogP contribution in [-0.2, 0) is 6.54 Å². The Bertz CT molecular complexity index is 1030. The van der Waals surface area contributed by atoms with Crippen LogP contribution in [-0.4, -0.2) is 39.5 Å². The molecule has 0 saturated heterocycles. The van der Waals surface area contributed by atoms with E-state index in [0.717, 1.165) is 17.7 Å². The SMILES string of the molecule is O=C1c2ccccc2C(=O)N1Cc1cc(OCCC2(C(F)(F)F)CC2)nc(C2CC2)n1. The van der Waals surface area contributed by atoms with E-state index in [-0.39, 0.29) is 44.2 Å². The second-order valence-corrected chi connectivity index (χ2v) is 8.45. The summed E-state index contributed by atoms with van der Waals surface area (Å²) in [6.07, 6.45) is -2.24. The van der Waals surface area contributed by atoms with E-state index in [0.29, 0.717) is 22.6 Å². The van der Waals surface area contributed by atoms with E-state index in [1.165, 1.54) is 6.07 Å². The smallest absolute Gasteiger partial charge is 0.394 e. The van der Waals surface area contributed by atoms with Crippen molar-refractivity contribution in [2.75, 3.05) is 6.61 Å². The first kappa shape index (κ1) is 20.0. The van der Waals surface area contributed by atoms with Gasteiger partial charge in [-0.05, 0) is 44.2 Å². The number of benzene rings is 1. The van der Waals surface area contributed by atoms with Gasteiger partial charge in [0, 0.05) is 12.0 Å². The van der Waals surface area contributed by atoms with Gasteiger partial charge in [0.25, 0.3) is 11.8 Å². The summed E-state index contributed by atoms with van der Waals surface area (Å²) in [5.74, 6) is 0.114. The lowest BCUT2D eigenvalue weighted by atomic mass is 10.0. The molecular weight excluding hydrogens is 411 g/mol. The Labute approximate surface area is 176 Å². The molecule has 0 atom stereocenters. The maximum absolute atomic E-state index is 13.1. The van der Waals surface area contributed by atoms with Crippen LogP contribution in [0.5, 0.6) is 5.88 Å². The Morgan fingerprint density at radius 1 is 1.06 bits per heavy atom. The number of alkyl halides is 3. The van der Waals surface area contributed by atoms with Crippen LogP contribution in [0.3, 0.4) is 0 Å². The van der Waals surface area contributed by atoms with Crippen molar-refractivity contribution in [3.05, 3.63) is 53.0 Å². The summed E-state index contributed by atoms with van der Waals surface area (Å²) >= 11 is 0. The van der Waals surface area contributed by atoms with Gasteiger partial charge in [-0.15, -0.1) is 0 Å². The number of halogens is 3. The van der Waals surface area contributed by atoms with E-state index < -0.39 is 23.4 Å². The van der Waals surface area contributed by atoms with Crippen molar-refractivity contribution < 1.29 is 27.5 Å². The number of nitrogens with zero attached hydrogens (tertiary/aromatic N) is 3. The third-order valence-electron chi connectivity index (χ3n) is 6.20. The summed E-state index contributed by atoms with van der Waals surface area (Å²) in [7, 11) is 0. The van der Waals surface area contributed by atoms with Gasteiger partial charge < -0.3 is 4.74 Å². The minimum atomic E-state index is -4.22. The minimum Gasteiger partial charge on any atom is -0.478 e. The summed E-state index contributed by atoms with van der Waals surface area (Å²) in [6.45, 7) is -0.148. The molecule has 1 aromatic heterocycles. The first-order valence-electron chi connectivity index (χ1n) is 10.3. The Balaban J connectivity index is 1.32. The molecule has 0 radical (unpaired) electrons. The first-order chi connectivity index (χ1) is 14.8. The summed E-state index contributed by atoms with van der Waals surface area (Å²) in [5.41, 5.74) is -0.509. The predicted molar refractivity (Wildman–Crippen MR) is 102 cm³/mol. The summed E-state index contributed by atoms with van der Waals surface area (Å²) in [4.78, 5) is 35.2. The quantitative estimate of drug-likeness (QED) is 0.613. The van der Waals surface area contributed by atoms with Gasteiger partial charge in [-0.3, -0.25) is 14.5 Å². The Hall–Kier alpha value is -2.97. The van der Waals surface area contributed by atoms with Crippen LogP contribution in [0.1, 0.15) is 70.3 Å². The number of rotatable bonds is 7. The standard InChI is InChI=1S/C22H20F3N3O3/c23-22(24,25)21(7-8-21)9-10-31-17-11-14(26-18(27-17)13-5-6-13)12-28-19(29)15-3-1-2-4-16(15)20(28)30/h1-4,11,13H,5-10,12H2. The molecule has 2 amide bonds. The van der Waals surface area contributed by atoms with Crippen LogP contribution in [0.4, 0.5) is 13.2 Å². The third kappa shape index (κ3) is 3.66. The highest BCUT2D eigenvalue weighted by Crippen LogP contribution is 2.59. The summed E-state index contributed by atoms with van der Waals surface area (Å²) < 4.78 is 45.0. The van der Waals surface area contributed by atoms with E-state index in [9.17, 15) is 22.8 Å². The molecule has 31 heavy (non-hydrogen) atoms. The van der Waals surface area contributed by atoms with Gasteiger partial charge in [0.15, 0.2) is 0 Å². The van der Waals surface area contributed by atoms with Crippen LogP contribution < -0.4 is 4.74 Å². The fraction of sp³-hybridized carbons (Fsp3) is 0.455. The van der Waals surface area contributed by atoms with Gasteiger partial charge in [0.2, 0.25) is 5.88 Å². The average molecular weight is 431 g/mol. The lowest BCUT2D eigenvalue weighted by Gasteiger charge is -2.19. The van der Waals surface area contributed by atoms with E-state index in [4.69, 9.17) is 4.74 Å². The molecular formula is C22H20F3N3O3. The van der Waals surface area contributed by atoms with E-state index in [1.807, 2.05) is 0 Å². The first-order valence-corrected chi connectivity index (χ1v) is 10.3. The number of imide groups is 1. The number of hydrogen-bond donors (Lipinski definition) is 0. The Kier molecular flexibility index (Phi) is 4.53. The van der Waals surface area contributed by atoms with Crippen molar-refractivity contribution in [3.63, 3.8) is 0 Å². The molecule has 1 aliphatic heterocycles. The maximum Gasteiger partial charge on any atom is 0.394 e. The number of aromatic nitrogens is 2. The molecule has 0 bridgehead atoms. The molecule has 5 rings (SSSR count). The molecule has 0 spiro atoms. The monoisotopic (exact) mass is 431 g/mol. The zero-order valence-corrected chi connectivity index (χ0v) is 16.6. The predicted octanol–water partition coefficient (Wildman–Crippen LogP) is 4.26. The van der Waals surface area contributed by atoms with Gasteiger partial charge in [-0.1, -0.05) is 12.1 Å². The van der Waals surface area contributed by atoms with E-state index >= 15 is 0 Å².